The average molecular weight is 445 g/mol. The Labute approximate surface area is 190 Å². The number of carbonyl (C=O) groups is 2. The molecule has 0 spiro atoms. The zero-order chi connectivity index (χ0) is 23.1. The maximum Gasteiger partial charge on any atom is 0.547 e. The summed E-state index contributed by atoms with van der Waals surface area (Å²) in [7, 11) is -1.27. The van der Waals surface area contributed by atoms with E-state index in [1.165, 1.54) is 12.5 Å². The first-order valence-electron chi connectivity index (χ1n) is 11.8. The molecule has 5 N–H and O–H groups in total. The lowest BCUT2D eigenvalue weighted by molar-refractivity contribution is -0.122. The minimum atomic E-state index is -1.27. The Hall–Kier alpha value is -2.10. The molecule has 1 aliphatic heterocycles. The van der Waals surface area contributed by atoms with Gasteiger partial charge in [-0.15, -0.1) is 0 Å². The lowest BCUT2D eigenvalue weighted by atomic mass is 9.72. The number of carboxylic acid groups (broad SMARTS) is 1. The number of nitrogens with one attached hydrogen (secondary N) is 3. The summed E-state index contributed by atoms with van der Waals surface area (Å²) in [6.45, 7) is 7.17. The molecule has 0 radical (unpaired) electrons. The van der Waals surface area contributed by atoms with Gasteiger partial charge in [0.2, 0.25) is 5.91 Å². The monoisotopic (exact) mass is 445 g/mol. The molecule has 1 aliphatic carbocycles. The quantitative estimate of drug-likeness (QED) is 0.274. The highest BCUT2D eigenvalue weighted by Crippen LogP contribution is 2.32. The summed E-state index contributed by atoms with van der Waals surface area (Å²) in [4.78, 5) is 24.1. The van der Waals surface area contributed by atoms with Crippen LogP contribution in [0.4, 0.5) is 0 Å². The fourth-order valence-electron chi connectivity index (χ4n) is 4.77. The topological polar surface area (TPSA) is 120 Å². The Morgan fingerprint density at radius 1 is 1.22 bits per heavy atom. The number of benzene rings is 1. The second kappa shape index (κ2) is 11.7. The van der Waals surface area contributed by atoms with Crippen LogP contribution in [0.15, 0.2) is 18.2 Å². The summed E-state index contributed by atoms with van der Waals surface area (Å²) in [5.41, 5.74) is 0.699. The lowest BCUT2D eigenvalue weighted by Crippen LogP contribution is -2.53. The van der Waals surface area contributed by atoms with E-state index in [-0.39, 0.29) is 17.2 Å². The molecule has 1 heterocycles. The van der Waals surface area contributed by atoms with E-state index >= 15 is 0 Å². The van der Waals surface area contributed by atoms with Crippen molar-refractivity contribution < 1.29 is 24.4 Å². The number of rotatable bonds is 10. The third kappa shape index (κ3) is 6.95. The molecule has 32 heavy (non-hydrogen) atoms. The predicted octanol–water partition coefficient (Wildman–Crippen LogP) is 1.61. The second-order valence-corrected chi connectivity index (χ2v) is 9.40. The SMILES string of the molecule is CC(C)NCCNCC1CCCC(CC(=O)NC2Cc3cccc(C(=O)O)c3OB2O)C1. The van der Waals surface area contributed by atoms with Gasteiger partial charge in [-0.1, -0.05) is 32.4 Å². The van der Waals surface area contributed by atoms with E-state index in [0.29, 0.717) is 36.3 Å². The van der Waals surface area contributed by atoms with E-state index in [9.17, 15) is 19.7 Å². The Balaban J connectivity index is 1.45. The highest BCUT2D eigenvalue weighted by molar-refractivity contribution is 6.47. The summed E-state index contributed by atoms with van der Waals surface area (Å²) in [5, 5.41) is 29.5. The van der Waals surface area contributed by atoms with Gasteiger partial charge in [0, 0.05) is 25.6 Å². The lowest BCUT2D eigenvalue weighted by Gasteiger charge is -2.31. The predicted molar refractivity (Wildman–Crippen MR) is 124 cm³/mol. The molecule has 3 rings (SSSR count). The first-order chi connectivity index (χ1) is 15.3. The summed E-state index contributed by atoms with van der Waals surface area (Å²) < 4.78 is 5.47. The van der Waals surface area contributed by atoms with Crippen molar-refractivity contribution in [3.63, 3.8) is 0 Å². The highest BCUT2D eigenvalue weighted by Gasteiger charge is 2.38. The van der Waals surface area contributed by atoms with Gasteiger partial charge in [0.1, 0.15) is 5.75 Å². The van der Waals surface area contributed by atoms with Gasteiger partial charge in [-0.25, -0.2) is 4.79 Å². The van der Waals surface area contributed by atoms with Crippen LogP contribution in [0.25, 0.3) is 0 Å². The first-order valence-corrected chi connectivity index (χ1v) is 11.8. The molecular weight excluding hydrogens is 409 g/mol. The van der Waals surface area contributed by atoms with Crippen LogP contribution in [0.1, 0.15) is 61.9 Å². The normalized spacial score (nSPS) is 22.9. The third-order valence-corrected chi connectivity index (χ3v) is 6.35. The number of amides is 1. The molecule has 1 aromatic carbocycles. The number of fused-ring (bicyclic) bond motifs is 1. The molecule has 1 saturated carbocycles. The molecule has 9 heteroatoms. The molecule has 3 unspecified atom stereocenters. The standard InChI is InChI=1S/C23H36BN3O5/c1-15(2)26-10-9-25-14-17-6-3-5-16(11-17)12-21(28)27-20-13-18-7-4-8-19(23(29)30)22(18)32-24(20)31/h4,7-8,15-17,20,25-26,31H,3,5-6,9-14H2,1-2H3,(H,27,28)(H,29,30). The van der Waals surface area contributed by atoms with Crippen LogP contribution in [0, 0.1) is 11.8 Å². The fourth-order valence-corrected chi connectivity index (χ4v) is 4.77. The molecule has 176 valence electrons. The number of carboxylic acids is 1. The molecule has 0 bridgehead atoms. The third-order valence-electron chi connectivity index (χ3n) is 6.35. The second-order valence-electron chi connectivity index (χ2n) is 9.40. The summed E-state index contributed by atoms with van der Waals surface area (Å²) in [5.74, 6) is -0.663. The van der Waals surface area contributed by atoms with E-state index < -0.39 is 19.0 Å². The summed E-state index contributed by atoms with van der Waals surface area (Å²) in [6, 6.07) is 5.36. The van der Waals surface area contributed by atoms with Crippen LogP contribution in [0.2, 0.25) is 0 Å². The van der Waals surface area contributed by atoms with E-state index in [1.807, 2.05) is 0 Å². The van der Waals surface area contributed by atoms with E-state index in [0.717, 1.165) is 38.9 Å². The Morgan fingerprint density at radius 2 is 2.00 bits per heavy atom. The van der Waals surface area contributed by atoms with Crippen LogP contribution in [-0.4, -0.2) is 60.7 Å². The van der Waals surface area contributed by atoms with Gasteiger partial charge in [0.05, 0.1) is 11.5 Å². The van der Waals surface area contributed by atoms with Crippen LogP contribution in [-0.2, 0) is 11.2 Å². The van der Waals surface area contributed by atoms with Gasteiger partial charge in [0.15, 0.2) is 0 Å². The van der Waals surface area contributed by atoms with Crippen molar-refractivity contribution >= 4 is 19.0 Å². The van der Waals surface area contributed by atoms with E-state index in [4.69, 9.17) is 4.65 Å². The number of hydrogen-bond acceptors (Lipinski definition) is 6. The van der Waals surface area contributed by atoms with Crippen molar-refractivity contribution in [3.05, 3.63) is 29.3 Å². The maximum absolute atomic E-state index is 12.7. The Bertz CT molecular complexity index is 791. The molecule has 2 aliphatic rings. The molecule has 1 aromatic rings. The number of carbonyl (C=O) groups excluding carboxylic acids is 1. The zero-order valence-electron chi connectivity index (χ0n) is 19.1. The minimum absolute atomic E-state index is 0.0215. The highest BCUT2D eigenvalue weighted by atomic mass is 16.5. The molecule has 3 atom stereocenters. The van der Waals surface area contributed by atoms with Gasteiger partial charge in [-0.3, -0.25) is 4.79 Å². The number of para-hydroxylation sites is 1. The smallest absolute Gasteiger partial charge is 0.534 e. The van der Waals surface area contributed by atoms with Crippen molar-refractivity contribution in [3.8, 4) is 5.75 Å². The van der Waals surface area contributed by atoms with Crippen molar-refractivity contribution in [1.29, 1.82) is 0 Å². The van der Waals surface area contributed by atoms with Crippen LogP contribution in [0.3, 0.4) is 0 Å². The Morgan fingerprint density at radius 3 is 2.75 bits per heavy atom. The van der Waals surface area contributed by atoms with Crippen LogP contribution in [0.5, 0.6) is 5.75 Å². The molecule has 1 fully saturated rings. The zero-order valence-corrected chi connectivity index (χ0v) is 19.1. The first kappa shape index (κ1) is 24.5. The van der Waals surface area contributed by atoms with Crippen molar-refractivity contribution in [2.75, 3.05) is 19.6 Å². The largest absolute Gasteiger partial charge is 0.547 e. The summed E-state index contributed by atoms with van der Waals surface area (Å²) in [6.07, 6.45) is 5.19. The molecular formula is C23H36BN3O5. The van der Waals surface area contributed by atoms with Crippen LogP contribution < -0.4 is 20.6 Å². The summed E-state index contributed by atoms with van der Waals surface area (Å²) >= 11 is 0. The number of aromatic carboxylic acids is 1. The molecule has 0 aromatic heterocycles. The molecule has 0 saturated heterocycles. The van der Waals surface area contributed by atoms with Gasteiger partial charge >= 0.3 is 13.1 Å². The minimum Gasteiger partial charge on any atom is -0.534 e. The average Bonchev–Trinajstić information content (AvgIpc) is 2.73. The molecule has 1 amide bonds. The van der Waals surface area contributed by atoms with Crippen molar-refractivity contribution in [2.45, 2.75) is 64.4 Å². The van der Waals surface area contributed by atoms with Gasteiger partial charge in [0.25, 0.3) is 0 Å². The maximum atomic E-state index is 12.7. The van der Waals surface area contributed by atoms with Gasteiger partial charge in [-0.2, -0.15) is 0 Å². The van der Waals surface area contributed by atoms with E-state index in [1.54, 1.807) is 12.1 Å². The van der Waals surface area contributed by atoms with Crippen molar-refractivity contribution in [1.82, 2.24) is 16.0 Å². The van der Waals surface area contributed by atoms with Crippen LogP contribution >= 0.6 is 0 Å². The fraction of sp³-hybridized carbons (Fsp3) is 0.652. The van der Waals surface area contributed by atoms with Gasteiger partial charge < -0.3 is 30.7 Å². The Kier molecular flexibility index (Phi) is 8.96. The van der Waals surface area contributed by atoms with Crippen molar-refractivity contribution in [2.24, 2.45) is 11.8 Å². The molecule has 8 nitrogen and oxygen atoms in total. The van der Waals surface area contributed by atoms with E-state index in [2.05, 4.69) is 29.8 Å². The number of hydrogen-bond donors (Lipinski definition) is 5. The van der Waals surface area contributed by atoms with Gasteiger partial charge in [-0.05, 0) is 55.7 Å².